The quantitative estimate of drug-likeness (QED) is 0.476. The van der Waals surface area contributed by atoms with Gasteiger partial charge in [-0.25, -0.2) is 0 Å². The normalized spacial score (nSPS) is 21.1. The summed E-state index contributed by atoms with van der Waals surface area (Å²) in [4.78, 5) is 9.47. The Hall–Kier alpha value is -0.620. The number of nitrogens with one attached hydrogen (secondary N) is 1. The predicted molar refractivity (Wildman–Crippen MR) is 77.6 cm³/mol. The van der Waals surface area contributed by atoms with E-state index < -0.39 is 5.37 Å². The fourth-order valence-corrected chi connectivity index (χ4v) is 1.37. The molecular formula is C13H26ClNO4. The topological polar surface area (TPSA) is 67.8 Å². The van der Waals surface area contributed by atoms with Crippen molar-refractivity contribution in [2.24, 2.45) is 5.92 Å². The van der Waals surface area contributed by atoms with E-state index in [1.807, 2.05) is 0 Å². The van der Waals surface area contributed by atoms with Gasteiger partial charge in [-0.05, 0) is 30.4 Å². The first-order chi connectivity index (χ1) is 9.01. The molecule has 1 saturated heterocycles. The van der Waals surface area contributed by atoms with Gasteiger partial charge in [-0.15, -0.1) is 6.58 Å². The SMILES string of the molecule is C=CCO.CNC(=O)Cl.COCC1CC(C)CCO1. The van der Waals surface area contributed by atoms with Crippen LogP contribution in [-0.2, 0) is 9.47 Å². The van der Waals surface area contributed by atoms with Gasteiger partial charge in [-0.2, -0.15) is 0 Å². The highest BCUT2D eigenvalue weighted by Crippen LogP contribution is 2.18. The minimum absolute atomic E-state index is 0.0833. The van der Waals surface area contributed by atoms with Gasteiger partial charge in [0.05, 0.1) is 19.3 Å². The van der Waals surface area contributed by atoms with Crippen LogP contribution in [-0.4, -0.2) is 50.6 Å². The summed E-state index contributed by atoms with van der Waals surface area (Å²) in [5.41, 5.74) is 0. The summed E-state index contributed by atoms with van der Waals surface area (Å²) in [5, 5.41) is 9.39. The number of carbonyl (C=O) groups is 1. The van der Waals surface area contributed by atoms with Crippen LogP contribution in [0.4, 0.5) is 4.79 Å². The lowest BCUT2D eigenvalue weighted by atomic mass is 9.98. The summed E-state index contributed by atoms with van der Waals surface area (Å²) in [6.45, 7) is 7.25. The Morgan fingerprint density at radius 1 is 1.68 bits per heavy atom. The Morgan fingerprint density at radius 2 is 2.21 bits per heavy atom. The van der Waals surface area contributed by atoms with E-state index in [2.05, 4.69) is 18.8 Å². The Morgan fingerprint density at radius 3 is 2.53 bits per heavy atom. The second kappa shape index (κ2) is 15.4. The Labute approximate surface area is 120 Å². The largest absolute Gasteiger partial charge is 0.392 e. The van der Waals surface area contributed by atoms with Gasteiger partial charge in [0, 0.05) is 20.8 Å². The van der Waals surface area contributed by atoms with Gasteiger partial charge >= 0.3 is 5.37 Å². The molecule has 0 saturated carbocycles. The van der Waals surface area contributed by atoms with Crippen LogP contribution in [0.15, 0.2) is 12.7 Å². The van der Waals surface area contributed by atoms with Crippen LogP contribution in [0, 0.1) is 5.92 Å². The Bertz CT molecular complexity index is 225. The number of aliphatic hydroxyl groups is 1. The maximum atomic E-state index is 9.47. The number of hydrogen-bond acceptors (Lipinski definition) is 4. The van der Waals surface area contributed by atoms with Crippen molar-refractivity contribution in [1.29, 1.82) is 0 Å². The molecule has 0 aromatic heterocycles. The summed E-state index contributed by atoms with van der Waals surface area (Å²) in [5.74, 6) is 0.814. The van der Waals surface area contributed by atoms with Crippen molar-refractivity contribution in [3.8, 4) is 0 Å². The standard InChI is InChI=1S/C8H16O2.C3H6O.C2H4ClNO/c1-7-3-4-10-8(5-7)6-9-2;1-2-3-4;1-4-2(3)5/h7-8H,3-6H2,1-2H3;2,4H,1,3H2;1H3,(H,4,5). The molecule has 0 aliphatic carbocycles. The molecule has 0 aromatic carbocycles. The van der Waals surface area contributed by atoms with E-state index in [1.165, 1.54) is 19.5 Å². The fourth-order valence-electron chi connectivity index (χ4n) is 1.37. The van der Waals surface area contributed by atoms with Crippen LogP contribution >= 0.6 is 11.6 Å². The van der Waals surface area contributed by atoms with Gasteiger partial charge < -0.3 is 19.9 Å². The molecule has 2 N–H and O–H groups in total. The van der Waals surface area contributed by atoms with E-state index in [9.17, 15) is 4.79 Å². The maximum absolute atomic E-state index is 9.47. The smallest absolute Gasteiger partial charge is 0.313 e. The molecular weight excluding hydrogens is 270 g/mol. The lowest BCUT2D eigenvalue weighted by Crippen LogP contribution is -2.27. The molecule has 0 spiro atoms. The predicted octanol–water partition coefficient (Wildman–Crippen LogP) is 2.18. The van der Waals surface area contributed by atoms with Crippen LogP contribution in [0.5, 0.6) is 0 Å². The van der Waals surface area contributed by atoms with Crippen LogP contribution in [0.1, 0.15) is 19.8 Å². The Kier molecular flexibility index (Phi) is 16.8. The van der Waals surface area contributed by atoms with E-state index in [-0.39, 0.29) is 6.61 Å². The zero-order chi connectivity index (χ0) is 15.1. The number of ether oxygens (including phenoxy) is 2. The number of aliphatic hydroxyl groups excluding tert-OH is 1. The molecule has 2 unspecified atom stereocenters. The highest BCUT2D eigenvalue weighted by Gasteiger charge is 2.18. The third-order valence-corrected chi connectivity index (χ3v) is 2.50. The summed E-state index contributed by atoms with van der Waals surface area (Å²) < 4.78 is 10.5. The molecule has 0 bridgehead atoms. The number of halogens is 1. The number of rotatable bonds is 3. The van der Waals surface area contributed by atoms with Crippen LogP contribution in [0.2, 0.25) is 0 Å². The van der Waals surface area contributed by atoms with Gasteiger partial charge in [0.25, 0.3) is 0 Å². The average Bonchev–Trinajstić information content (AvgIpc) is 2.40. The minimum atomic E-state index is -0.523. The van der Waals surface area contributed by atoms with E-state index in [1.54, 1.807) is 7.11 Å². The fraction of sp³-hybridized carbons (Fsp3) is 0.769. The zero-order valence-electron chi connectivity index (χ0n) is 12.0. The number of methoxy groups -OCH3 is 1. The molecule has 0 aromatic rings. The van der Waals surface area contributed by atoms with Gasteiger partial charge in [0.15, 0.2) is 0 Å². The highest BCUT2D eigenvalue weighted by molar-refractivity contribution is 6.62. The molecule has 1 aliphatic rings. The second-order valence-electron chi connectivity index (χ2n) is 4.07. The van der Waals surface area contributed by atoms with Gasteiger partial charge in [0.1, 0.15) is 0 Å². The Balaban J connectivity index is 0. The van der Waals surface area contributed by atoms with Gasteiger partial charge in [-0.3, -0.25) is 4.79 Å². The van der Waals surface area contributed by atoms with E-state index in [4.69, 9.17) is 26.2 Å². The molecule has 6 heteroatoms. The van der Waals surface area contributed by atoms with Gasteiger partial charge in [0.2, 0.25) is 0 Å². The van der Waals surface area contributed by atoms with Gasteiger partial charge in [-0.1, -0.05) is 13.0 Å². The van der Waals surface area contributed by atoms with Crippen molar-refractivity contribution in [2.75, 3.05) is 34.0 Å². The summed E-state index contributed by atoms with van der Waals surface area (Å²) >= 11 is 4.71. The molecule has 1 heterocycles. The van der Waals surface area contributed by atoms with Crippen molar-refractivity contribution in [1.82, 2.24) is 5.32 Å². The summed E-state index contributed by atoms with van der Waals surface area (Å²) in [7, 11) is 3.19. The van der Waals surface area contributed by atoms with Crippen molar-refractivity contribution >= 4 is 17.0 Å². The molecule has 1 fully saturated rings. The first-order valence-corrected chi connectivity index (χ1v) is 6.59. The van der Waals surface area contributed by atoms with E-state index in [0.717, 1.165) is 25.6 Å². The lowest BCUT2D eigenvalue weighted by Gasteiger charge is -2.26. The molecule has 1 aliphatic heterocycles. The maximum Gasteiger partial charge on any atom is 0.313 e. The molecule has 5 nitrogen and oxygen atoms in total. The minimum Gasteiger partial charge on any atom is -0.392 e. The monoisotopic (exact) mass is 295 g/mol. The van der Waals surface area contributed by atoms with E-state index in [0.29, 0.717) is 6.10 Å². The third kappa shape index (κ3) is 17.4. The third-order valence-electron chi connectivity index (χ3n) is 2.31. The molecule has 1 amide bonds. The molecule has 19 heavy (non-hydrogen) atoms. The van der Waals surface area contributed by atoms with Crippen molar-refractivity contribution in [2.45, 2.75) is 25.9 Å². The lowest BCUT2D eigenvalue weighted by molar-refractivity contribution is -0.0445. The van der Waals surface area contributed by atoms with Crippen LogP contribution in [0.3, 0.4) is 0 Å². The first-order valence-electron chi connectivity index (χ1n) is 6.21. The highest BCUT2D eigenvalue weighted by atomic mass is 35.5. The summed E-state index contributed by atoms with van der Waals surface area (Å²) in [6, 6.07) is 0. The number of amides is 1. The van der Waals surface area contributed by atoms with Crippen molar-refractivity contribution < 1.29 is 19.4 Å². The molecule has 114 valence electrons. The van der Waals surface area contributed by atoms with Crippen LogP contribution in [0.25, 0.3) is 0 Å². The van der Waals surface area contributed by atoms with Crippen LogP contribution < -0.4 is 5.32 Å². The zero-order valence-corrected chi connectivity index (χ0v) is 12.8. The number of hydrogen-bond donors (Lipinski definition) is 2. The van der Waals surface area contributed by atoms with E-state index >= 15 is 0 Å². The molecule has 1 rings (SSSR count). The summed E-state index contributed by atoms with van der Waals surface area (Å²) in [6.07, 6.45) is 4.15. The average molecular weight is 296 g/mol. The number of carbonyl (C=O) groups excluding carboxylic acids is 1. The van der Waals surface area contributed by atoms with Crippen molar-refractivity contribution in [3.63, 3.8) is 0 Å². The molecule has 0 radical (unpaired) electrons. The van der Waals surface area contributed by atoms with Crippen molar-refractivity contribution in [3.05, 3.63) is 12.7 Å². The first kappa shape index (κ1) is 20.7. The second-order valence-corrected chi connectivity index (χ2v) is 4.42. The molecule has 2 atom stereocenters.